The first-order valence-electron chi connectivity index (χ1n) is 10.0. The summed E-state index contributed by atoms with van der Waals surface area (Å²) in [6, 6.07) is 15.8. The van der Waals surface area contributed by atoms with E-state index in [0.29, 0.717) is 17.6 Å². The first-order valence-corrected chi connectivity index (χ1v) is 10.8. The van der Waals surface area contributed by atoms with Crippen LogP contribution in [0.15, 0.2) is 84.4 Å². The average Bonchev–Trinajstić information content (AvgIpc) is 3.08. The zero-order valence-electron chi connectivity index (χ0n) is 16.6. The van der Waals surface area contributed by atoms with Gasteiger partial charge in [-0.3, -0.25) is 15.4 Å². The van der Waals surface area contributed by atoms with Crippen LogP contribution in [-0.4, -0.2) is 16.4 Å². The van der Waals surface area contributed by atoms with Gasteiger partial charge in [-0.1, -0.05) is 48.5 Å². The number of hydrogen-bond acceptors (Lipinski definition) is 7. The summed E-state index contributed by atoms with van der Waals surface area (Å²) in [5.74, 6) is -0.471. The van der Waals surface area contributed by atoms with Crippen molar-refractivity contribution in [3.05, 3.63) is 100 Å². The van der Waals surface area contributed by atoms with Gasteiger partial charge in [0.2, 0.25) is 0 Å². The summed E-state index contributed by atoms with van der Waals surface area (Å²) >= 11 is 1.37. The van der Waals surface area contributed by atoms with Gasteiger partial charge in [0, 0.05) is 18.1 Å². The van der Waals surface area contributed by atoms with Crippen molar-refractivity contribution in [3.63, 3.8) is 0 Å². The van der Waals surface area contributed by atoms with E-state index in [9.17, 15) is 4.79 Å². The molecule has 3 heterocycles. The SMILES string of the molecule is NC(=O)c1cccc2c(C3NC4=C(NC=CC=C4)C(NCc4ccccc4)N3)snc12. The fourth-order valence-corrected chi connectivity index (χ4v) is 4.72. The minimum absolute atomic E-state index is 0.120. The van der Waals surface area contributed by atoms with Crippen molar-refractivity contribution < 1.29 is 4.79 Å². The van der Waals surface area contributed by atoms with Gasteiger partial charge in [-0.15, -0.1) is 0 Å². The smallest absolute Gasteiger partial charge is 0.250 e. The minimum atomic E-state index is -0.471. The van der Waals surface area contributed by atoms with E-state index in [1.54, 1.807) is 6.07 Å². The third-order valence-electron chi connectivity index (χ3n) is 5.34. The second-order valence-corrected chi connectivity index (χ2v) is 8.15. The van der Waals surface area contributed by atoms with Gasteiger partial charge < -0.3 is 16.4 Å². The Balaban J connectivity index is 1.48. The topological polar surface area (TPSA) is 104 Å². The van der Waals surface area contributed by atoms with E-state index in [4.69, 9.17) is 5.73 Å². The third-order valence-corrected chi connectivity index (χ3v) is 6.26. The van der Waals surface area contributed by atoms with Crippen LogP contribution < -0.4 is 27.0 Å². The maximum atomic E-state index is 11.8. The van der Waals surface area contributed by atoms with E-state index in [1.807, 2.05) is 48.7 Å². The van der Waals surface area contributed by atoms with Crippen molar-refractivity contribution in [2.24, 2.45) is 5.73 Å². The van der Waals surface area contributed by atoms with Gasteiger partial charge in [0.15, 0.2) is 0 Å². The molecule has 0 saturated carbocycles. The maximum absolute atomic E-state index is 11.8. The van der Waals surface area contributed by atoms with Crippen LogP contribution in [0, 0.1) is 0 Å². The average molecular weight is 431 g/mol. The molecule has 2 aromatic carbocycles. The number of hydrogen-bond donors (Lipinski definition) is 5. The summed E-state index contributed by atoms with van der Waals surface area (Å²) in [5.41, 5.74) is 9.84. The molecule has 0 bridgehead atoms. The van der Waals surface area contributed by atoms with E-state index in [1.165, 1.54) is 17.1 Å². The number of nitrogens with two attached hydrogens (primary N) is 1. The molecule has 5 rings (SSSR count). The van der Waals surface area contributed by atoms with Crippen molar-refractivity contribution in [2.75, 3.05) is 0 Å². The van der Waals surface area contributed by atoms with Gasteiger partial charge >= 0.3 is 0 Å². The molecule has 7 nitrogen and oxygen atoms in total. The zero-order chi connectivity index (χ0) is 21.2. The summed E-state index contributed by atoms with van der Waals surface area (Å²) in [7, 11) is 0. The number of fused-ring (bicyclic) bond motifs is 1. The Kier molecular flexibility index (Phi) is 5.25. The molecule has 2 aliphatic rings. The molecule has 0 radical (unpaired) electrons. The Labute approximate surface area is 183 Å². The Bertz CT molecular complexity index is 1210. The molecule has 1 aromatic heterocycles. The fourth-order valence-electron chi connectivity index (χ4n) is 3.83. The normalized spacial score (nSPS) is 20.1. The number of carbonyl (C=O) groups excluding carboxylic acids is 1. The Morgan fingerprint density at radius 1 is 1.13 bits per heavy atom. The van der Waals surface area contributed by atoms with Crippen molar-refractivity contribution in [1.82, 2.24) is 25.6 Å². The van der Waals surface area contributed by atoms with Crippen molar-refractivity contribution in [1.29, 1.82) is 0 Å². The Morgan fingerprint density at radius 3 is 2.84 bits per heavy atom. The number of primary amides is 1. The van der Waals surface area contributed by atoms with E-state index < -0.39 is 5.91 Å². The summed E-state index contributed by atoms with van der Waals surface area (Å²) < 4.78 is 4.53. The van der Waals surface area contributed by atoms with Crippen LogP contribution in [0.5, 0.6) is 0 Å². The van der Waals surface area contributed by atoms with Crippen molar-refractivity contribution in [2.45, 2.75) is 18.9 Å². The van der Waals surface area contributed by atoms with E-state index in [2.05, 4.69) is 43.8 Å². The van der Waals surface area contributed by atoms with Crippen LogP contribution in [0.25, 0.3) is 10.9 Å². The predicted molar refractivity (Wildman–Crippen MR) is 123 cm³/mol. The molecule has 156 valence electrons. The highest BCUT2D eigenvalue weighted by molar-refractivity contribution is 7.07. The molecule has 0 fully saturated rings. The van der Waals surface area contributed by atoms with Crippen LogP contribution in [-0.2, 0) is 6.54 Å². The number of allylic oxidation sites excluding steroid dienone is 3. The van der Waals surface area contributed by atoms with Gasteiger partial charge in [0.1, 0.15) is 12.3 Å². The lowest BCUT2D eigenvalue weighted by atomic mass is 10.1. The molecule has 2 aliphatic heterocycles. The van der Waals surface area contributed by atoms with Crippen molar-refractivity contribution >= 4 is 28.3 Å². The summed E-state index contributed by atoms with van der Waals surface area (Å²) in [6.45, 7) is 0.715. The van der Waals surface area contributed by atoms with Gasteiger partial charge in [-0.05, 0) is 35.3 Å². The fraction of sp³-hybridized carbons (Fsp3) is 0.130. The number of nitrogens with one attached hydrogen (secondary N) is 4. The number of benzene rings is 2. The third kappa shape index (κ3) is 3.84. The second-order valence-electron chi connectivity index (χ2n) is 7.35. The zero-order valence-corrected chi connectivity index (χ0v) is 17.4. The molecule has 31 heavy (non-hydrogen) atoms. The maximum Gasteiger partial charge on any atom is 0.250 e. The molecule has 0 aliphatic carbocycles. The quantitative estimate of drug-likeness (QED) is 0.426. The number of carbonyl (C=O) groups is 1. The monoisotopic (exact) mass is 430 g/mol. The van der Waals surface area contributed by atoms with E-state index in [-0.39, 0.29) is 12.3 Å². The van der Waals surface area contributed by atoms with Gasteiger partial charge in [-0.2, -0.15) is 4.37 Å². The highest BCUT2D eigenvalue weighted by Crippen LogP contribution is 2.32. The largest absolute Gasteiger partial charge is 0.366 e. The van der Waals surface area contributed by atoms with Crippen LogP contribution in [0.2, 0.25) is 0 Å². The minimum Gasteiger partial charge on any atom is -0.366 e. The molecule has 8 heteroatoms. The molecular formula is C23H22N6OS. The lowest BCUT2D eigenvalue weighted by Gasteiger charge is -2.35. The van der Waals surface area contributed by atoms with Crippen LogP contribution in [0.4, 0.5) is 0 Å². The van der Waals surface area contributed by atoms with E-state index in [0.717, 1.165) is 21.7 Å². The lowest BCUT2D eigenvalue weighted by Crippen LogP contribution is -2.55. The highest BCUT2D eigenvalue weighted by atomic mass is 32.1. The van der Waals surface area contributed by atoms with Gasteiger partial charge in [0.25, 0.3) is 5.91 Å². The molecule has 0 spiro atoms. The number of aromatic nitrogens is 1. The van der Waals surface area contributed by atoms with Crippen LogP contribution in [0.1, 0.15) is 27.0 Å². The molecule has 1 amide bonds. The molecule has 3 aromatic rings. The Morgan fingerprint density at radius 2 is 2.00 bits per heavy atom. The summed E-state index contributed by atoms with van der Waals surface area (Å²) in [5, 5.41) is 15.1. The van der Waals surface area contributed by atoms with Crippen LogP contribution >= 0.6 is 11.5 Å². The summed E-state index contributed by atoms with van der Waals surface area (Å²) in [6.07, 6.45) is 7.62. The predicted octanol–water partition coefficient (Wildman–Crippen LogP) is 2.59. The van der Waals surface area contributed by atoms with Crippen LogP contribution in [0.3, 0.4) is 0 Å². The Hall–Kier alpha value is -3.46. The standard InChI is InChI=1S/C23H22N6OS/c24-21(30)16-10-6-9-15-18(16)29-31-20(15)23-27-17-11-4-5-12-25-19(17)22(28-23)26-13-14-7-2-1-3-8-14/h1-12,22-23,25-28H,13H2,(H2,24,30). The first-order chi connectivity index (χ1) is 15.2. The highest BCUT2D eigenvalue weighted by Gasteiger charge is 2.30. The molecule has 2 unspecified atom stereocenters. The number of nitrogens with zero attached hydrogens (tertiary/aromatic N) is 1. The molecule has 6 N–H and O–H groups in total. The summed E-state index contributed by atoms with van der Waals surface area (Å²) in [4.78, 5) is 12.8. The lowest BCUT2D eigenvalue weighted by molar-refractivity contribution is 0.100. The van der Waals surface area contributed by atoms with Crippen molar-refractivity contribution in [3.8, 4) is 0 Å². The second kappa shape index (κ2) is 8.35. The molecule has 2 atom stereocenters. The number of rotatable bonds is 5. The first kappa shape index (κ1) is 19.5. The van der Waals surface area contributed by atoms with Gasteiger partial charge in [0.05, 0.1) is 27.4 Å². The molecule has 0 saturated heterocycles. The van der Waals surface area contributed by atoms with E-state index >= 15 is 0 Å². The molecular weight excluding hydrogens is 408 g/mol. The van der Waals surface area contributed by atoms with Gasteiger partial charge in [-0.25, -0.2) is 0 Å². The number of amides is 1.